The number of halogens is 2. The van der Waals surface area contributed by atoms with Crippen molar-refractivity contribution < 1.29 is 27.8 Å². The standard InChI is InChI=1S/C23H31F2N3O4/c1-14-17(24)12-16(13-18(14)25)15-8-10-28(11-9-15)19(26-20(29)31-22(2,3)4)27-21(30)32-23(5,6)7/h8,12-13H,9-11H2,1-7H3,(H,26,27,29,30). The second-order valence-corrected chi connectivity index (χ2v) is 9.53. The van der Waals surface area contributed by atoms with Crippen LogP contribution < -0.4 is 5.32 Å². The minimum absolute atomic E-state index is 0.0231. The van der Waals surface area contributed by atoms with E-state index in [0.29, 0.717) is 18.5 Å². The number of aliphatic imine (C=N–C) groups is 1. The first kappa shape index (κ1) is 25.3. The number of hydrogen-bond acceptors (Lipinski definition) is 4. The molecule has 0 radical (unpaired) electrons. The first-order chi connectivity index (χ1) is 14.6. The van der Waals surface area contributed by atoms with E-state index in [1.165, 1.54) is 19.1 Å². The molecule has 1 aliphatic heterocycles. The van der Waals surface area contributed by atoms with E-state index in [1.54, 1.807) is 52.5 Å². The molecule has 0 aliphatic carbocycles. The summed E-state index contributed by atoms with van der Waals surface area (Å²) in [6.45, 7) is 12.2. The molecule has 2 amide bonds. The van der Waals surface area contributed by atoms with Gasteiger partial charge in [-0.05, 0) is 78.2 Å². The second-order valence-electron chi connectivity index (χ2n) is 9.53. The highest BCUT2D eigenvalue weighted by atomic mass is 19.1. The van der Waals surface area contributed by atoms with Crippen molar-refractivity contribution in [1.29, 1.82) is 0 Å². The van der Waals surface area contributed by atoms with Crippen LogP contribution in [0.5, 0.6) is 0 Å². The summed E-state index contributed by atoms with van der Waals surface area (Å²) < 4.78 is 38.4. The van der Waals surface area contributed by atoms with Crippen molar-refractivity contribution in [3.8, 4) is 0 Å². The lowest BCUT2D eigenvalue weighted by molar-refractivity contribution is 0.0555. The maximum Gasteiger partial charge on any atom is 0.437 e. The average Bonchev–Trinajstić information content (AvgIpc) is 2.62. The van der Waals surface area contributed by atoms with Gasteiger partial charge in [-0.1, -0.05) is 6.08 Å². The summed E-state index contributed by atoms with van der Waals surface area (Å²) in [6.07, 6.45) is 0.568. The van der Waals surface area contributed by atoms with Gasteiger partial charge in [0.1, 0.15) is 22.8 Å². The van der Waals surface area contributed by atoms with Crippen molar-refractivity contribution in [3.05, 3.63) is 41.0 Å². The Morgan fingerprint density at radius 3 is 2.06 bits per heavy atom. The predicted molar refractivity (Wildman–Crippen MR) is 118 cm³/mol. The zero-order valence-corrected chi connectivity index (χ0v) is 19.6. The first-order valence-corrected chi connectivity index (χ1v) is 10.4. The molecule has 0 spiro atoms. The Bertz CT molecular complexity index is 921. The van der Waals surface area contributed by atoms with Gasteiger partial charge in [0.15, 0.2) is 0 Å². The maximum absolute atomic E-state index is 13.9. The van der Waals surface area contributed by atoms with Crippen LogP contribution in [0.4, 0.5) is 18.4 Å². The third-order valence-electron chi connectivity index (χ3n) is 4.36. The molecule has 176 valence electrons. The van der Waals surface area contributed by atoms with E-state index >= 15 is 0 Å². The average molecular weight is 452 g/mol. The molecule has 1 aliphatic rings. The Morgan fingerprint density at radius 2 is 1.59 bits per heavy atom. The lowest BCUT2D eigenvalue weighted by Crippen LogP contribution is -2.48. The second kappa shape index (κ2) is 9.67. The number of rotatable bonds is 1. The van der Waals surface area contributed by atoms with Crippen molar-refractivity contribution in [2.24, 2.45) is 4.99 Å². The zero-order chi connectivity index (χ0) is 24.3. The normalized spacial score (nSPS) is 15.2. The number of hydrogen-bond donors (Lipinski definition) is 1. The number of ether oxygens (including phenoxy) is 2. The van der Waals surface area contributed by atoms with E-state index in [0.717, 1.165) is 5.57 Å². The molecule has 2 rings (SSSR count). The molecule has 1 N–H and O–H groups in total. The first-order valence-electron chi connectivity index (χ1n) is 10.4. The summed E-state index contributed by atoms with van der Waals surface area (Å²) >= 11 is 0. The number of nitrogens with one attached hydrogen (secondary N) is 1. The minimum atomic E-state index is -0.860. The van der Waals surface area contributed by atoms with Crippen LogP contribution in [0.2, 0.25) is 0 Å². The van der Waals surface area contributed by atoms with E-state index in [2.05, 4.69) is 10.3 Å². The Hall–Kier alpha value is -2.97. The number of guanidine groups is 1. The van der Waals surface area contributed by atoms with Gasteiger partial charge < -0.3 is 14.4 Å². The van der Waals surface area contributed by atoms with Gasteiger partial charge >= 0.3 is 12.2 Å². The SMILES string of the molecule is Cc1c(F)cc(C2=CCN(C(=NC(=O)OC(C)(C)C)NC(=O)OC(C)(C)C)CC2)cc1F. The largest absolute Gasteiger partial charge is 0.444 e. The van der Waals surface area contributed by atoms with Crippen LogP contribution in [0.3, 0.4) is 0 Å². The molecular formula is C23H31F2N3O4. The van der Waals surface area contributed by atoms with Gasteiger partial charge in [-0.25, -0.2) is 18.4 Å². The summed E-state index contributed by atoms with van der Waals surface area (Å²) in [5, 5.41) is 2.50. The molecule has 0 saturated carbocycles. The van der Waals surface area contributed by atoms with Crippen LogP contribution in [-0.2, 0) is 9.47 Å². The molecule has 0 saturated heterocycles. The fourth-order valence-electron chi connectivity index (χ4n) is 2.90. The van der Waals surface area contributed by atoms with Crippen LogP contribution >= 0.6 is 0 Å². The molecule has 0 aromatic heterocycles. The van der Waals surface area contributed by atoms with Gasteiger partial charge in [0.25, 0.3) is 0 Å². The number of nitrogens with zero attached hydrogens (tertiary/aromatic N) is 2. The summed E-state index contributed by atoms with van der Waals surface area (Å²) in [7, 11) is 0. The molecule has 1 heterocycles. The van der Waals surface area contributed by atoms with Gasteiger partial charge in [0.05, 0.1) is 0 Å². The van der Waals surface area contributed by atoms with E-state index in [4.69, 9.17) is 9.47 Å². The molecule has 7 nitrogen and oxygen atoms in total. The van der Waals surface area contributed by atoms with Crippen LogP contribution in [0.1, 0.15) is 59.1 Å². The molecule has 1 aromatic carbocycles. The highest BCUT2D eigenvalue weighted by Crippen LogP contribution is 2.26. The van der Waals surface area contributed by atoms with Crippen molar-refractivity contribution in [2.45, 2.75) is 66.1 Å². The monoisotopic (exact) mass is 451 g/mol. The third-order valence-corrected chi connectivity index (χ3v) is 4.36. The Labute approximate surface area is 187 Å². The van der Waals surface area contributed by atoms with Crippen LogP contribution in [0, 0.1) is 18.6 Å². The highest BCUT2D eigenvalue weighted by Gasteiger charge is 2.25. The molecule has 1 aromatic rings. The van der Waals surface area contributed by atoms with Crippen molar-refractivity contribution in [2.75, 3.05) is 13.1 Å². The van der Waals surface area contributed by atoms with Gasteiger partial charge in [-0.2, -0.15) is 0 Å². The van der Waals surface area contributed by atoms with E-state index in [1.807, 2.05) is 0 Å². The number of carbonyl (C=O) groups is 2. The Balaban J connectivity index is 2.24. The Morgan fingerprint density at radius 1 is 1.03 bits per heavy atom. The highest BCUT2D eigenvalue weighted by molar-refractivity contribution is 5.99. The molecule has 32 heavy (non-hydrogen) atoms. The Kier molecular flexibility index (Phi) is 7.64. The maximum atomic E-state index is 13.9. The molecular weight excluding hydrogens is 420 g/mol. The summed E-state index contributed by atoms with van der Waals surface area (Å²) in [4.78, 5) is 30.1. The topological polar surface area (TPSA) is 80.2 Å². The van der Waals surface area contributed by atoms with Gasteiger partial charge in [-0.3, -0.25) is 5.32 Å². The van der Waals surface area contributed by atoms with E-state index < -0.39 is 35.0 Å². The van der Waals surface area contributed by atoms with Gasteiger partial charge in [0, 0.05) is 18.7 Å². The summed E-state index contributed by atoms with van der Waals surface area (Å²) in [5.74, 6) is -1.24. The molecule has 9 heteroatoms. The molecule has 0 unspecified atom stereocenters. The lowest BCUT2D eigenvalue weighted by Gasteiger charge is -2.30. The predicted octanol–water partition coefficient (Wildman–Crippen LogP) is 5.18. The number of alkyl carbamates (subject to hydrolysis) is 1. The van der Waals surface area contributed by atoms with Crippen molar-refractivity contribution in [1.82, 2.24) is 10.2 Å². The fraction of sp³-hybridized carbons (Fsp3) is 0.522. The van der Waals surface area contributed by atoms with Crippen molar-refractivity contribution >= 4 is 23.7 Å². The molecule has 0 fully saturated rings. The van der Waals surface area contributed by atoms with E-state index in [-0.39, 0.29) is 18.1 Å². The quantitative estimate of drug-likeness (QED) is 0.470. The summed E-state index contributed by atoms with van der Waals surface area (Å²) in [6, 6.07) is 2.60. The van der Waals surface area contributed by atoms with E-state index in [9.17, 15) is 18.4 Å². The van der Waals surface area contributed by atoms with Gasteiger partial charge in [-0.15, -0.1) is 4.99 Å². The fourth-order valence-corrected chi connectivity index (χ4v) is 2.90. The number of amides is 2. The zero-order valence-electron chi connectivity index (χ0n) is 19.6. The van der Waals surface area contributed by atoms with Gasteiger partial charge in [0.2, 0.25) is 5.96 Å². The van der Waals surface area contributed by atoms with Crippen LogP contribution in [0.15, 0.2) is 23.2 Å². The third kappa shape index (κ3) is 7.62. The van der Waals surface area contributed by atoms with Crippen LogP contribution in [-0.4, -0.2) is 47.3 Å². The number of carbonyl (C=O) groups excluding carboxylic acids is 2. The number of benzene rings is 1. The minimum Gasteiger partial charge on any atom is -0.444 e. The lowest BCUT2D eigenvalue weighted by atomic mass is 9.98. The summed E-state index contributed by atoms with van der Waals surface area (Å²) in [5.41, 5.74) is -0.314. The van der Waals surface area contributed by atoms with Crippen molar-refractivity contribution in [3.63, 3.8) is 0 Å². The molecule has 0 bridgehead atoms. The smallest absolute Gasteiger partial charge is 0.437 e. The molecule has 0 atom stereocenters. The van der Waals surface area contributed by atoms with Crippen LogP contribution in [0.25, 0.3) is 5.57 Å².